The van der Waals surface area contributed by atoms with Gasteiger partial charge in [-0.05, 0) is 31.4 Å². The third-order valence-electron chi connectivity index (χ3n) is 6.03. The predicted molar refractivity (Wildman–Crippen MR) is 115 cm³/mol. The summed E-state index contributed by atoms with van der Waals surface area (Å²) in [4.78, 5) is 28.1. The van der Waals surface area contributed by atoms with Crippen molar-refractivity contribution in [2.75, 3.05) is 46.1 Å². The van der Waals surface area contributed by atoms with Crippen LogP contribution in [0.5, 0.6) is 0 Å². The minimum absolute atomic E-state index is 0.0181. The quantitative estimate of drug-likeness (QED) is 0.672. The number of nitrogens with one attached hydrogen (secondary N) is 2. The molecule has 2 aliphatic rings. The van der Waals surface area contributed by atoms with Gasteiger partial charge in [0, 0.05) is 43.8 Å². The molecule has 7 nitrogen and oxygen atoms in total. The van der Waals surface area contributed by atoms with Crippen LogP contribution in [0.1, 0.15) is 36.2 Å². The maximum Gasteiger partial charge on any atom is 0.251 e. The number of carbonyl (C=O) groups excluding carboxylic acids is 2. The number of hydrogen-bond acceptors (Lipinski definition) is 5. The number of amides is 2. The molecular weight excluding hydrogens is 382 g/mol. The van der Waals surface area contributed by atoms with Gasteiger partial charge in [-0.2, -0.15) is 0 Å². The average Bonchev–Trinajstić information content (AvgIpc) is 3.27. The van der Waals surface area contributed by atoms with Crippen LogP contribution in [0.3, 0.4) is 0 Å². The summed E-state index contributed by atoms with van der Waals surface area (Å²) < 4.78 is 11.1. The zero-order chi connectivity index (χ0) is 21.5. The molecule has 2 N–H and O–H groups in total. The van der Waals surface area contributed by atoms with Crippen molar-refractivity contribution < 1.29 is 19.1 Å². The summed E-state index contributed by atoms with van der Waals surface area (Å²) in [6.07, 6.45) is 1.01. The van der Waals surface area contributed by atoms with Crippen LogP contribution in [-0.4, -0.2) is 74.9 Å². The lowest BCUT2D eigenvalue weighted by Crippen LogP contribution is -2.55. The van der Waals surface area contributed by atoms with Crippen molar-refractivity contribution >= 4 is 11.8 Å². The van der Waals surface area contributed by atoms with Gasteiger partial charge in [0.05, 0.1) is 19.8 Å². The summed E-state index contributed by atoms with van der Waals surface area (Å²) in [5.41, 5.74) is 1.59. The molecule has 7 heteroatoms. The first kappa shape index (κ1) is 22.7. The molecule has 0 saturated carbocycles. The lowest BCUT2D eigenvalue weighted by Gasteiger charge is -2.37. The first-order valence-corrected chi connectivity index (χ1v) is 11.0. The molecule has 2 heterocycles. The Bertz CT molecular complexity index is 712. The van der Waals surface area contributed by atoms with E-state index >= 15 is 0 Å². The Morgan fingerprint density at radius 1 is 1.17 bits per heavy atom. The molecule has 1 aromatic rings. The summed E-state index contributed by atoms with van der Waals surface area (Å²) >= 11 is 0. The van der Waals surface area contributed by atoms with Gasteiger partial charge in [-0.25, -0.2) is 0 Å². The normalized spacial score (nSPS) is 21.9. The van der Waals surface area contributed by atoms with Crippen molar-refractivity contribution in [1.29, 1.82) is 0 Å². The molecule has 3 unspecified atom stereocenters. The molecule has 2 saturated heterocycles. The number of morpholine rings is 1. The van der Waals surface area contributed by atoms with E-state index in [0.29, 0.717) is 18.0 Å². The molecule has 30 heavy (non-hydrogen) atoms. The third-order valence-corrected chi connectivity index (χ3v) is 6.03. The highest BCUT2D eigenvalue weighted by atomic mass is 16.5. The molecule has 2 aliphatic heterocycles. The van der Waals surface area contributed by atoms with Gasteiger partial charge in [-0.15, -0.1) is 0 Å². The van der Waals surface area contributed by atoms with Crippen LogP contribution in [0.25, 0.3) is 0 Å². The Labute approximate surface area is 179 Å². The fraction of sp³-hybridized carbons (Fsp3) is 0.652. The number of hydrogen-bond donors (Lipinski definition) is 2. The molecule has 166 valence electrons. The molecule has 0 aromatic heterocycles. The van der Waals surface area contributed by atoms with Gasteiger partial charge < -0.3 is 20.1 Å². The van der Waals surface area contributed by atoms with E-state index in [9.17, 15) is 9.59 Å². The van der Waals surface area contributed by atoms with Gasteiger partial charge >= 0.3 is 0 Å². The van der Waals surface area contributed by atoms with Crippen molar-refractivity contribution in [2.45, 2.75) is 39.3 Å². The minimum atomic E-state index is -0.580. The predicted octanol–water partition coefficient (Wildman–Crippen LogP) is 1.60. The SMILES string of the molecule is Cc1cccc(C(=O)NC(C(=O)NCC(C2CCOC2)N2CCOCC2)C(C)C)c1. The monoisotopic (exact) mass is 417 g/mol. The van der Waals surface area contributed by atoms with Crippen LogP contribution in [0.4, 0.5) is 0 Å². The van der Waals surface area contributed by atoms with Crippen molar-refractivity contribution in [2.24, 2.45) is 11.8 Å². The van der Waals surface area contributed by atoms with Crippen molar-refractivity contribution in [3.05, 3.63) is 35.4 Å². The van der Waals surface area contributed by atoms with E-state index in [1.54, 1.807) is 6.07 Å². The van der Waals surface area contributed by atoms with Crippen LogP contribution < -0.4 is 10.6 Å². The second kappa shape index (κ2) is 10.9. The van der Waals surface area contributed by atoms with Gasteiger partial charge in [0.25, 0.3) is 5.91 Å². The van der Waals surface area contributed by atoms with Crippen LogP contribution in [0.15, 0.2) is 24.3 Å². The van der Waals surface area contributed by atoms with Crippen molar-refractivity contribution in [3.8, 4) is 0 Å². The molecule has 3 rings (SSSR count). The lowest BCUT2D eigenvalue weighted by molar-refractivity contribution is -0.124. The van der Waals surface area contributed by atoms with Crippen LogP contribution in [-0.2, 0) is 14.3 Å². The van der Waals surface area contributed by atoms with E-state index in [2.05, 4.69) is 15.5 Å². The van der Waals surface area contributed by atoms with E-state index in [4.69, 9.17) is 9.47 Å². The summed E-state index contributed by atoms with van der Waals surface area (Å²) in [7, 11) is 0. The Morgan fingerprint density at radius 3 is 2.57 bits per heavy atom. The second-order valence-electron chi connectivity index (χ2n) is 8.65. The second-order valence-corrected chi connectivity index (χ2v) is 8.65. The lowest BCUT2D eigenvalue weighted by atomic mass is 9.96. The highest BCUT2D eigenvalue weighted by molar-refractivity contribution is 5.97. The van der Waals surface area contributed by atoms with Crippen molar-refractivity contribution in [3.63, 3.8) is 0 Å². The molecule has 0 spiro atoms. The summed E-state index contributed by atoms with van der Waals surface area (Å²) in [6.45, 7) is 11.1. The topological polar surface area (TPSA) is 79.9 Å². The van der Waals surface area contributed by atoms with Gasteiger partial charge in [-0.1, -0.05) is 31.5 Å². The largest absolute Gasteiger partial charge is 0.381 e. The summed E-state index contributed by atoms with van der Waals surface area (Å²) in [6, 6.07) is 7.04. The summed E-state index contributed by atoms with van der Waals surface area (Å²) in [5, 5.41) is 6.04. The molecular formula is C23H35N3O4. The number of nitrogens with zero attached hydrogens (tertiary/aromatic N) is 1. The van der Waals surface area contributed by atoms with Crippen LogP contribution >= 0.6 is 0 Å². The maximum absolute atomic E-state index is 13.0. The number of benzene rings is 1. The van der Waals surface area contributed by atoms with E-state index in [1.165, 1.54) is 0 Å². The Hall–Kier alpha value is -1.96. The number of carbonyl (C=O) groups is 2. The zero-order valence-electron chi connectivity index (χ0n) is 18.4. The molecule has 0 bridgehead atoms. The highest BCUT2D eigenvalue weighted by Gasteiger charge is 2.33. The Morgan fingerprint density at radius 2 is 1.93 bits per heavy atom. The highest BCUT2D eigenvalue weighted by Crippen LogP contribution is 2.22. The van der Waals surface area contributed by atoms with E-state index in [1.807, 2.05) is 39.0 Å². The number of aryl methyl sites for hydroxylation is 1. The zero-order valence-corrected chi connectivity index (χ0v) is 18.4. The minimum Gasteiger partial charge on any atom is -0.381 e. The summed E-state index contributed by atoms with van der Waals surface area (Å²) in [5.74, 6) is 0.0304. The smallest absolute Gasteiger partial charge is 0.251 e. The Balaban J connectivity index is 1.62. The number of ether oxygens (including phenoxy) is 2. The molecule has 2 amide bonds. The van der Waals surface area contributed by atoms with E-state index < -0.39 is 6.04 Å². The average molecular weight is 418 g/mol. The van der Waals surface area contributed by atoms with Gasteiger partial charge in [0.15, 0.2) is 0 Å². The maximum atomic E-state index is 13.0. The van der Waals surface area contributed by atoms with Crippen molar-refractivity contribution in [1.82, 2.24) is 15.5 Å². The van der Waals surface area contributed by atoms with Gasteiger partial charge in [0.2, 0.25) is 5.91 Å². The molecule has 1 aromatic carbocycles. The Kier molecular flexibility index (Phi) is 8.24. The van der Waals surface area contributed by atoms with E-state index in [-0.39, 0.29) is 23.8 Å². The van der Waals surface area contributed by atoms with Gasteiger partial charge in [-0.3, -0.25) is 14.5 Å². The third kappa shape index (κ3) is 6.03. The fourth-order valence-corrected chi connectivity index (χ4v) is 4.22. The van der Waals surface area contributed by atoms with Crippen LogP contribution in [0, 0.1) is 18.8 Å². The molecule has 3 atom stereocenters. The van der Waals surface area contributed by atoms with Gasteiger partial charge in [0.1, 0.15) is 6.04 Å². The first-order chi connectivity index (χ1) is 14.5. The molecule has 0 aliphatic carbocycles. The van der Waals surface area contributed by atoms with E-state index in [0.717, 1.165) is 51.5 Å². The fourth-order valence-electron chi connectivity index (χ4n) is 4.22. The standard InChI is InChI=1S/C23H35N3O4/c1-16(2)21(25-22(27)18-6-4-5-17(3)13-18)23(28)24-14-20(19-7-10-30-15-19)26-8-11-29-12-9-26/h4-6,13,16,19-21H,7-12,14-15H2,1-3H3,(H,24,28)(H,25,27). The molecule has 0 radical (unpaired) electrons. The first-order valence-electron chi connectivity index (χ1n) is 11.0. The van der Waals surface area contributed by atoms with Crippen LogP contribution in [0.2, 0.25) is 0 Å². The molecule has 2 fully saturated rings. The number of rotatable bonds is 8.